The van der Waals surface area contributed by atoms with E-state index >= 15 is 0 Å². The molecular weight excluding hydrogens is 178 g/mol. The molecule has 0 N–H and O–H groups in total. The van der Waals surface area contributed by atoms with E-state index in [0.717, 1.165) is 30.9 Å². The molecule has 0 bridgehead atoms. The molecule has 0 aromatic heterocycles. The van der Waals surface area contributed by atoms with Gasteiger partial charge in [0.15, 0.2) is 17.9 Å². The zero-order valence-electron chi connectivity index (χ0n) is 8.19. The minimum absolute atomic E-state index is 0.757. The van der Waals surface area contributed by atoms with E-state index in [-0.39, 0.29) is 0 Å². The number of hydrogen-bond acceptors (Lipinski definition) is 3. The zero-order chi connectivity index (χ0) is 9.80. The summed E-state index contributed by atoms with van der Waals surface area (Å²) in [6, 6.07) is 5.95. The van der Waals surface area contributed by atoms with Gasteiger partial charge < -0.3 is 9.47 Å². The molecular formula is C11H13NO2. The standard InChI is InChI=1S/C11H13NO2/c1-12-8-14-10-6-2-4-9-5-3-7-13-11(9)10/h2,4,6,8H,3,5,7H2,1H3. The predicted molar refractivity (Wildman–Crippen MR) is 55.3 cm³/mol. The molecule has 14 heavy (non-hydrogen) atoms. The van der Waals surface area contributed by atoms with Crippen molar-refractivity contribution in [1.82, 2.24) is 0 Å². The lowest BCUT2D eigenvalue weighted by atomic mass is 10.1. The molecule has 0 radical (unpaired) electrons. The fraction of sp³-hybridized carbons (Fsp3) is 0.364. The summed E-state index contributed by atoms with van der Waals surface area (Å²) in [5, 5.41) is 0. The average molecular weight is 191 g/mol. The van der Waals surface area contributed by atoms with Crippen LogP contribution in [-0.2, 0) is 6.42 Å². The lowest BCUT2D eigenvalue weighted by Gasteiger charge is -2.18. The van der Waals surface area contributed by atoms with E-state index in [0.29, 0.717) is 0 Å². The quantitative estimate of drug-likeness (QED) is 0.529. The lowest BCUT2D eigenvalue weighted by Crippen LogP contribution is -2.09. The monoisotopic (exact) mass is 191 g/mol. The van der Waals surface area contributed by atoms with Gasteiger partial charge in [-0.1, -0.05) is 12.1 Å². The molecule has 0 amide bonds. The molecule has 0 spiro atoms. The Kier molecular flexibility index (Phi) is 2.68. The third-order valence-corrected chi connectivity index (χ3v) is 2.18. The van der Waals surface area contributed by atoms with Gasteiger partial charge in [0, 0.05) is 7.05 Å². The third kappa shape index (κ3) is 1.71. The zero-order valence-corrected chi connectivity index (χ0v) is 8.19. The molecule has 3 nitrogen and oxygen atoms in total. The molecule has 0 atom stereocenters. The summed E-state index contributed by atoms with van der Waals surface area (Å²) >= 11 is 0. The molecule has 0 fully saturated rings. The Bertz CT molecular complexity index is 347. The first-order chi connectivity index (χ1) is 6.92. The molecule has 0 unspecified atom stereocenters. The summed E-state index contributed by atoms with van der Waals surface area (Å²) in [6.07, 6.45) is 3.57. The molecule has 1 aromatic rings. The van der Waals surface area contributed by atoms with Crippen LogP contribution in [-0.4, -0.2) is 20.1 Å². The summed E-state index contributed by atoms with van der Waals surface area (Å²) < 4.78 is 10.9. The minimum Gasteiger partial charge on any atom is -0.489 e. The summed E-state index contributed by atoms with van der Waals surface area (Å²) in [5.74, 6) is 1.63. The smallest absolute Gasteiger partial charge is 0.176 e. The molecule has 0 aliphatic carbocycles. The first-order valence-corrected chi connectivity index (χ1v) is 4.74. The summed E-state index contributed by atoms with van der Waals surface area (Å²) in [4.78, 5) is 3.78. The Morgan fingerprint density at radius 1 is 1.50 bits per heavy atom. The van der Waals surface area contributed by atoms with Gasteiger partial charge in [-0.3, -0.25) is 4.99 Å². The van der Waals surface area contributed by atoms with E-state index in [9.17, 15) is 0 Å². The SMILES string of the molecule is CN=COc1cccc2c1OCCC2. The first-order valence-electron chi connectivity index (χ1n) is 4.74. The van der Waals surface area contributed by atoms with E-state index in [1.807, 2.05) is 12.1 Å². The number of ether oxygens (including phenoxy) is 2. The van der Waals surface area contributed by atoms with Crippen LogP contribution in [0.3, 0.4) is 0 Å². The van der Waals surface area contributed by atoms with Crippen molar-refractivity contribution in [3.63, 3.8) is 0 Å². The van der Waals surface area contributed by atoms with Crippen molar-refractivity contribution in [1.29, 1.82) is 0 Å². The van der Waals surface area contributed by atoms with Crippen LogP contribution in [0.2, 0.25) is 0 Å². The molecule has 0 saturated heterocycles. The molecule has 1 aliphatic heterocycles. The Hall–Kier alpha value is -1.51. The van der Waals surface area contributed by atoms with E-state index in [1.165, 1.54) is 12.0 Å². The fourth-order valence-corrected chi connectivity index (χ4v) is 1.56. The third-order valence-electron chi connectivity index (χ3n) is 2.18. The predicted octanol–water partition coefficient (Wildman–Crippen LogP) is 2.05. The van der Waals surface area contributed by atoms with Crippen molar-refractivity contribution in [3.05, 3.63) is 23.8 Å². The number of rotatable bonds is 2. The highest BCUT2D eigenvalue weighted by Gasteiger charge is 2.14. The van der Waals surface area contributed by atoms with Gasteiger partial charge in [-0.15, -0.1) is 0 Å². The van der Waals surface area contributed by atoms with E-state index in [4.69, 9.17) is 9.47 Å². The topological polar surface area (TPSA) is 30.8 Å². The number of hydrogen-bond donors (Lipinski definition) is 0. The number of fused-ring (bicyclic) bond motifs is 1. The van der Waals surface area contributed by atoms with Crippen LogP contribution < -0.4 is 9.47 Å². The van der Waals surface area contributed by atoms with Crippen LogP contribution in [0.1, 0.15) is 12.0 Å². The van der Waals surface area contributed by atoms with Crippen molar-refractivity contribution < 1.29 is 9.47 Å². The molecule has 0 saturated carbocycles. The highest BCUT2D eigenvalue weighted by Crippen LogP contribution is 2.34. The number of benzene rings is 1. The maximum Gasteiger partial charge on any atom is 0.176 e. The van der Waals surface area contributed by atoms with Gasteiger partial charge in [-0.2, -0.15) is 0 Å². The Morgan fingerprint density at radius 3 is 3.29 bits per heavy atom. The molecule has 1 aliphatic rings. The highest BCUT2D eigenvalue weighted by atomic mass is 16.5. The second kappa shape index (κ2) is 4.13. The Labute approximate surface area is 83.4 Å². The second-order valence-electron chi connectivity index (χ2n) is 3.18. The van der Waals surface area contributed by atoms with Gasteiger partial charge in [-0.05, 0) is 24.5 Å². The van der Waals surface area contributed by atoms with Crippen LogP contribution in [0, 0.1) is 0 Å². The van der Waals surface area contributed by atoms with Gasteiger partial charge in [0.05, 0.1) is 6.61 Å². The van der Waals surface area contributed by atoms with Crippen LogP contribution in [0.15, 0.2) is 23.2 Å². The van der Waals surface area contributed by atoms with E-state index in [1.54, 1.807) is 7.05 Å². The Balaban J connectivity index is 2.30. The summed E-state index contributed by atoms with van der Waals surface area (Å²) in [7, 11) is 1.68. The average Bonchev–Trinajstić information content (AvgIpc) is 2.26. The van der Waals surface area contributed by atoms with Crippen molar-refractivity contribution in [3.8, 4) is 11.5 Å². The maximum absolute atomic E-state index is 5.56. The molecule has 1 aromatic carbocycles. The van der Waals surface area contributed by atoms with Crippen LogP contribution in [0.5, 0.6) is 11.5 Å². The fourth-order valence-electron chi connectivity index (χ4n) is 1.56. The van der Waals surface area contributed by atoms with Crippen molar-refractivity contribution in [2.45, 2.75) is 12.8 Å². The van der Waals surface area contributed by atoms with Crippen LogP contribution in [0.4, 0.5) is 0 Å². The molecule has 1 heterocycles. The van der Waals surface area contributed by atoms with E-state index in [2.05, 4.69) is 11.1 Å². The van der Waals surface area contributed by atoms with Gasteiger partial charge >= 0.3 is 0 Å². The largest absolute Gasteiger partial charge is 0.489 e. The minimum atomic E-state index is 0.757. The number of aryl methyl sites for hydroxylation is 1. The molecule has 3 heteroatoms. The van der Waals surface area contributed by atoms with Crippen LogP contribution in [0.25, 0.3) is 0 Å². The van der Waals surface area contributed by atoms with Gasteiger partial charge in [0.2, 0.25) is 0 Å². The van der Waals surface area contributed by atoms with Crippen molar-refractivity contribution in [2.24, 2.45) is 4.99 Å². The normalized spacial score (nSPS) is 14.9. The second-order valence-corrected chi connectivity index (χ2v) is 3.18. The molecule has 74 valence electrons. The first kappa shape index (κ1) is 9.06. The lowest BCUT2D eigenvalue weighted by molar-refractivity contribution is 0.279. The van der Waals surface area contributed by atoms with Crippen LogP contribution >= 0.6 is 0 Å². The number of nitrogens with zero attached hydrogens (tertiary/aromatic N) is 1. The number of para-hydroxylation sites is 1. The van der Waals surface area contributed by atoms with Crippen molar-refractivity contribution >= 4 is 6.40 Å². The summed E-state index contributed by atoms with van der Waals surface area (Å²) in [6.45, 7) is 0.774. The highest BCUT2D eigenvalue weighted by molar-refractivity contribution is 5.57. The number of aliphatic imine (C=N–C) groups is 1. The summed E-state index contributed by atoms with van der Waals surface area (Å²) in [5.41, 5.74) is 1.22. The maximum atomic E-state index is 5.56. The van der Waals surface area contributed by atoms with Crippen molar-refractivity contribution in [2.75, 3.05) is 13.7 Å². The van der Waals surface area contributed by atoms with Gasteiger partial charge in [0.1, 0.15) is 0 Å². The van der Waals surface area contributed by atoms with E-state index < -0.39 is 0 Å². The van der Waals surface area contributed by atoms with Gasteiger partial charge in [-0.25, -0.2) is 0 Å². The van der Waals surface area contributed by atoms with Gasteiger partial charge in [0.25, 0.3) is 0 Å². The molecule has 2 rings (SSSR count). The Morgan fingerprint density at radius 2 is 2.43 bits per heavy atom.